The maximum Gasteiger partial charge on any atom is 0.417 e. The van der Waals surface area contributed by atoms with Crippen molar-refractivity contribution in [1.29, 1.82) is 0 Å². The summed E-state index contributed by atoms with van der Waals surface area (Å²) >= 11 is 0. The van der Waals surface area contributed by atoms with Gasteiger partial charge in [0.15, 0.2) is 0 Å². The minimum atomic E-state index is -4.49. The number of hydrogen-bond acceptors (Lipinski definition) is 4. The van der Waals surface area contributed by atoms with Crippen LogP contribution in [0.3, 0.4) is 0 Å². The Hall–Kier alpha value is -3.42. The number of hydrogen-bond donors (Lipinski definition) is 1. The minimum Gasteiger partial charge on any atom is -0.507 e. The molecule has 0 fully saturated rings. The quantitative estimate of drug-likeness (QED) is 0.739. The van der Waals surface area contributed by atoms with Crippen molar-refractivity contribution in [2.75, 3.05) is 4.90 Å². The number of anilines is 1. The van der Waals surface area contributed by atoms with Crippen molar-refractivity contribution in [3.05, 3.63) is 71.5 Å². The van der Waals surface area contributed by atoms with Gasteiger partial charge < -0.3 is 5.11 Å². The van der Waals surface area contributed by atoms with Crippen LogP contribution in [-0.2, 0) is 12.7 Å². The van der Waals surface area contributed by atoms with Gasteiger partial charge >= 0.3 is 6.18 Å². The molecule has 1 aromatic carbocycles. The Morgan fingerprint density at radius 3 is 2.44 bits per heavy atom. The van der Waals surface area contributed by atoms with Crippen molar-refractivity contribution in [3.63, 3.8) is 0 Å². The number of rotatable bonds is 2. The van der Waals surface area contributed by atoms with Gasteiger partial charge in [-0.2, -0.15) is 13.2 Å². The predicted molar refractivity (Wildman–Crippen MR) is 91.1 cm³/mol. The number of benzene rings is 1. The third-order valence-electron chi connectivity index (χ3n) is 4.36. The first kappa shape index (κ1) is 17.0. The first-order valence-electron chi connectivity index (χ1n) is 7.97. The fourth-order valence-electron chi connectivity index (χ4n) is 3.03. The summed E-state index contributed by atoms with van der Waals surface area (Å²) in [7, 11) is 0. The molecule has 1 aliphatic heterocycles. The molecule has 3 aromatic rings. The molecular weight excluding hydrogens is 359 g/mol. The lowest BCUT2D eigenvalue weighted by molar-refractivity contribution is -0.137. The average Bonchev–Trinajstić information content (AvgIpc) is 2.99. The second-order valence-electron chi connectivity index (χ2n) is 6.00. The van der Waals surface area contributed by atoms with Crippen molar-refractivity contribution in [3.8, 4) is 17.0 Å². The van der Waals surface area contributed by atoms with E-state index in [9.17, 15) is 23.1 Å². The normalized spacial score (nSPS) is 13.7. The van der Waals surface area contributed by atoms with Gasteiger partial charge in [-0.1, -0.05) is 12.1 Å². The molecule has 136 valence electrons. The van der Waals surface area contributed by atoms with Crippen LogP contribution in [0.1, 0.15) is 21.5 Å². The molecule has 8 heteroatoms. The third-order valence-corrected chi connectivity index (χ3v) is 4.36. The lowest BCUT2D eigenvalue weighted by Gasteiger charge is -2.15. The number of para-hydroxylation sites is 1. The van der Waals surface area contributed by atoms with Crippen LogP contribution >= 0.6 is 0 Å². The van der Waals surface area contributed by atoms with Crippen LogP contribution < -0.4 is 4.90 Å². The van der Waals surface area contributed by atoms with E-state index in [1.807, 2.05) is 0 Å². The van der Waals surface area contributed by atoms with Gasteiger partial charge in [0.1, 0.15) is 11.6 Å². The van der Waals surface area contributed by atoms with Gasteiger partial charge in [-0.15, -0.1) is 0 Å². The molecule has 0 saturated heterocycles. The number of aromatic nitrogens is 2. The highest BCUT2D eigenvalue weighted by atomic mass is 19.4. The number of carbonyl (C=O) groups excluding carboxylic acids is 1. The molecule has 0 saturated carbocycles. The summed E-state index contributed by atoms with van der Waals surface area (Å²) in [4.78, 5) is 22.1. The summed E-state index contributed by atoms with van der Waals surface area (Å²) in [5.41, 5.74) is 1.01. The zero-order chi connectivity index (χ0) is 19.2. The standard InChI is InChI=1S/C19H12F3N3O2/c20-19(21,22)11-5-6-16(24-9-11)25-10-14-12(18(25)27)7-8-23-17(14)13-3-1-2-4-15(13)26/h1-9,26H,10H2. The Morgan fingerprint density at radius 1 is 1.00 bits per heavy atom. The van der Waals surface area contributed by atoms with Crippen molar-refractivity contribution >= 4 is 11.7 Å². The Morgan fingerprint density at radius 2 is 1.78 bits per heavy atom. The third kappa shape index (κ3) is 2.88. The highest BCUT2D eigenvalue weighted by molar-refractivity contribution is 6.10. The van der Waals surface area contributed by atoms with Gasteiger partial charge in [-0.3, -0.25) is 14.7 Å². The summed E-state index contributed by atoms with van der Waals surface area (Å²) < 4.78 is 38.1. The van der Waals surface area contributed by atoms with Crippen LogP contribution in [0, 0.1) is 0 Å². The molecule has 2 aromatic heterocycles. The maximum atomic E-state index is 12.7. The van der Waals surface area contributed by atoms with Gasteiger partial charge in [0.25, 0.3) is 5.91 Å². The zero-order valence-corrected chi connectivity index (χ0v) is 13.7. The minimum absolute atomic E-state index is 0.0250. The molecular formula is C19H12F3N3O2. The van der Waals surface area contributed by atoms with E-state index in [0.29, 0.717) is 28.6 Å². The number of aromatic hydroxyl groups is 1. The van der Waals surface area contributed by atoms with E-state index in [2.05, 4.69) is 9.97 Å². The van der Waals surface area contributed by atoms with Crippen molar-refractivity contribution in [1.82, 2.24) is 9.97 Å². The van der Waals surface area contributed by atoms with Gasteiger partial charge in [0.05, 0.1) is 17.8 Å². The molecule has 1 aliphatic rings. The number of phenolic OH excluding ortho intramolecular Hbond substituents is 1. The molecule has 0 radical (unpaired) electrons. The number of halogens is 3. The molecule has 0 unspecified atom stereocenters. The van der Waals surface area contributed by atoms with Gasteiger partial charge in [-0.25, -0.2) is 4.98 Å². The van der Waals surface area contributed by atoms with E-state index in [4.69, 9.17) is 0 Å². The van der Waals surface area contributed by atoms with E-state index >= 15 is 0 Å². The first-order chi connectivity index (χ1) is 12.9. The number of phenols is 1. The molecule has 27 heavy (non-hydrogen) atoms. The van der Waals surface area contributed by atoms with E-state index in [0.717, 1.165) is 6.07 Å². The first-order valence-corrected chi connectivity index (χ1v) is 7.97. The molecule has 3 heterocycles. The summed E-state index contributed by atoms with van der Waals surface area (Å²) in [6, 6.07) is 10.2. The van der Waals surface area contributed by atoms with Crippen molar-refractivity contribution in [2.45, 2.75) is 12.7 Å². The Balaban J connectivity index is 1.73. The number of nitrogens with zero attached hydrogens (tertiary/aromatic N) is 3. The van der Waals surface area contributed by atoms with E-state index < -0.39 is 11.7 Å². The van der Waals surface area contributed by atoms with Gasteiger partial charge in [0.2, 0.25) is 0 Å². The van der Waals surface area contributed by atoms with E-state index in [1.165, 1.54) is 23.2 Å². The molecule has 1 N–H and O–H groups in total. The number of alkyl halides is 3. The number of carbonyl (C=O) groups is 1. The molecule has 0 atom stereocenters. The van der Waals surface area contributed by atoms with Crippen LogP contribution in [0.5, 0.6) is 5.75 Å². The summed E-state index contributed by atoms with van der Waals surface area (Å²) in [6.07, 6.45) is -2.33. The Kier molecular flexibility index (Phi) is 3.83. The second kappa shape index (κ2) is 6.08. The SMILES string of the molecule is O=C1c2ccnc(-c3ccccc3O)c2CN1c1ccc(C(F)(F)F)cn1. The molecule has 0 spiro atoms. The summed E-state index contributed by atoms with van der Waals surface area (Å²) in [5.74, 6) is -0.235. The summed E-state index contributed by atoms with van der Waals surface area (Å²) in [6.45, 7) is 0.101. The van der Waals surface area contributed by atoms with E-state index in [-0.39, 0.29) is 24.0 Å². The molecule has 1 amide bonds. The monoisotopic (exact) mass is 371 g/mol. The Bertz CT molecular complexity index is 1030. The molecule has 0 aliphatic carbocycles. The highest BCUT2D eigenvalue weighted by Crippen LogP contribution is 2.37. The van der Waals surface area contributed by atoms with Crippen LogP contribution in [0.25, 0.3) is 11.3 Å². The smallest absolute Gasteiger partial charge is 0.417 e. The zero-order valence-electron chi connectivity index (χ0n) is 13.7. The molecule has 5 nitrogen and oxygen atoms in total. The fraction of sp³-hybridized carbons (Fsp3) is 0.105. The van der Waals surface area contributed by atoms with Crippen LogP contribution in [0.4, 0.5) is 19.0 Å². The lowest BCUT2D eigenvalue weighted by Crippen LogP contribution is -2.24. The molecule has 0 bridgehead atoms. The number of pyridine rings is 2. The van der Waals surface area contributed by atoms with Crippen LogP contribution in [0.2, 0.25) is 0 Å². The highest BCUT2D eigenvalue weighted by Gasteiger charge is 2.34. The average molecular weight is 371 g/mol. The van der Waals surface area contributed by atoms with Crippen LogP contribution in [0.15, 0.2) is 54.9 Å². The lowest BCUT2D eigenvalue weighted by atomic mass is 10.0. The Labute approximate surface area is 151 Å². The van der Waals surface area contributed by atoms with Crippen molar-refractivity contribution < 1.29 is 23.1 Å². The predicted octanol–water partition coefficient (Wildman–Crippen LogP) is 4.03. The van der Waals surface area contributed by atoms with Crippen LogP contribution in [-0.4, -0.2) is 21.0 Å². The fourth-order valence-corrected chi connectivity index (χ4v) is 3.03. The van der Waals surface area contributed by atoms with E-state index in [1.54, 1.807) is 24.3 Å². The largest absolute Gasteiger partial charge is 0.507 e. The van der Waals surface area contributed by atoms with Gasteiger partial charge in [0, 0.05) is 29.1 Å². The van der Waals surface area contributed by atoms with Gasteiger partial charge in [-0.05, 0) is 30.3 Å². The number of fused-ring (bicyclic) bond motifs is 1. The topological polar surface area (TPSA) is 66.3 Å². The second-order valence-corrected chi connectivity index (χ2v) is 6.00. The maximum absolute atomic E-state index is 12.7. The van der Waals surface area contributed by atoms with Crippen molar-refractivity contribution in [2.24, 2.45) is 0 Å². The summed E-state index contributed by atoms with van der Waals surface area (Å²) in [5, 5.41) is 10.1. The molecule has 4 rings (SSSR count). The number of amides is 1.